The van der Waals surface area contributed by atoms with Crippen LogP contribution in [0, 0.1) is 0 Å². The lowest BCUT2D eigenvalue weighted by molar-refractivity contribution is -0.143. The molecule has 0 atom stereocenters. The summed E-state index contributed by atoms with van der Waals surface area (Å²) in [5, 5.41) is 11.7. The molecule has 2 N–H and O–H groups in total. The first kappa shape index (κ1) is 32.5. The number of carbonyl (C=O) groups excluding carboxylic acids is 2. The molecule has 1 aliphatic rings. The molecule has 230 valence electrons. The van der Waals surface area contributed by atoms with E-state index in [-0.39, 0.29) is 56.6 Å². The monoisotopic (exact) mass is 655 g/mol. The second kappa shape index (κ2) is 12.7. The van der Waals surface area contributed by atoms with Gasteiger partial charge in [-0.3, -0.25) is 14.5 Å². The lowest BCUT2D eigenvalue weighted by Crippen LogP contribution is -2.31. The summed E-state index contributed by atoms with van der Waals surface area (Å²) in [7, 11) is 1.27. The Labute approximate surface area is 254 Å². The summed E-state index contributed by atoms with van der Waals surface area (Å²) >= 11 is 6.14. The van der Waals surface area contributed by atoms with E-state index in [1.165, 1.54) is 49.6 Å². The van der Waals surface area contributed by atoms with Crippen LogP contribution in [0.1, 0.15) is 33.6 Å². The van der Waals surface area contributed by atoms with Gasteiger partial charge in [-0.15, -0.1) is 0 Å². The fourth-order valence-electron chi connectivity index (χ4n) is 4.01. The fourth-order valence-corrected chi connectivity index (χ4v) is 5.30. The van der Waals surface area contributed by atoms with Gasteiger partial charge in [0.25, 0.3) is 5.91 Å². The van der Waals surface area contributed by atoms with Crippen LogP contribution < -0.4 is 10.1 Å². The average Bonchev–Trinajstić information content (AvgIpc) is 3.21. The van der Waals surface area contributed by atoms with Crippen LogP contribution in [0.5, 0.6) is 5.75 Å². The van der Waals surface area contributed by atoms with Crippen LogP contribution in [0.15, 0.2) is 59.5 Å². The molecule has 4 rings (SSSR count). The quantitative estimate of drug-likeness (QED) is 0.156. The number of ether oxygens (including phenoxy) is 1. The Morgan fingerprint density at radius 3 is 2.30 bits per heavy atom. The Bertz CT molecular complexity index is 1660. The minimum atomic E-state index is -5.03. The largest absolute Gasteiger partial charge is 0.496 e. The maximum absolute atomic E-state index is 13.3. The molecule has 0 unspecified atom stereocenters. The lowest BCUT2D eigenvalue weighted by Gasteiger charge is -2.14. The van der Waals surface area contributed by atoms with Gasteiger partial charge in [0.2, 0.25) is 5.91 Å². The Balaban J connectivity index is 1.49. The molecule has 2 amide bonds. The molecule has 0 radical (unpaired) electrons. The van der Waals surface area contributed by atoms with Gasteiger partial charge in [-0.25, -0.2) is 9.78 Å². The number of hydrogen-bond acceptors (Lipinski definition) is 7. The molecule has 1 fully saturated rings. The van der Waals surface area contributed by atoms with Crippen LogP contribution in [-0.4, -0.2) is 50.7 Å². The van der Waals surface area contributed by atoms with Crippen LogP contribution in [0.25, 0.3) is 17.3 Å². The summed E-state index contributed by atoms with van der Waals surface area (Å²) in [5.74, 6) is -2.27. The number of hydrogen-bond donors (Lipinski definition) is 2. The van der Waals surface area contributed by atoms with Gasteiger partial charge in [-0.05, 0) is 48.5 Å². The maximum atomic E-state index is 13.3. The van der Waals surface area contributed by atoms with Crippen LogP contribution in [0.4, 0.5) is 32.0 Å². The fraction of sp³-hybridized carbons (Fsp3) is 0.179. The number of anilines is 1. The number of thioether (sulfide) groups is 1. The SMILES string of the molecule is COc1cc(NC(=O)CCN2C(=O)C(=Cc3cccc(-c4cc(C(F)(F)F)cc(C(F)(F)F)c4)n3)SC2=S)ccc1C(=O)O. The van der Waals surface area contributed by atoms with Gasteiger partial charge in [-0.1, -0.05) is 30.0 Å². The van der Waals surface area contributed by atoms with Crippen molar-refractivity contribution < 1.29 is 50.6 Å². The molecule has 2 heterocycles. The zero-order chi connectivity index (χ0) is 32.4. The van der Waals surface area contributed by atoms with Gasteiger partial charge < -0.3 is 15.2 Å². The van der Waals surface area contributed by atoms with E-state index in [0.29, 0.717) is 12.1 Å². The Kier molecular flexibility index (Phi) is 9.34. The van der Waals surface area contributed by atoms with E-state index in [9.17, 15) is 45.8 Å². The van der Waals surface area contributed by atoms with Crippen molar-refractivity contribution in [2.75, 3.05) is 19.0 Å². The Hall–Kier alpha value is -4.44. The molecule has 0 spiro atoms. The van der Waals surface area contributed by atoms with Crippen LogP contribution >= 0.6 is 24.0 Å². The van der Waals surface area contributed by atoms with Crippen LogP contribution in [0.3, 0.4) is 0 Å². The van der Waals surface area contributed by atoms with E-state index in [0.717, 1.165) is 16.7 Å². The number of alkyl halides is 6. The number of thiocarbonyl (C=S) groups is 1. The van der Waals surface area contributed by atoms with Gasteiger partial charge in [0.1, 0.15) is 15.6 Å². The molecular weight excluding hydrogens is 636 g/mol. The van der Waals surface area contributed by atoms with E-state index in [2.05, 4.69) is 10.3 Å². The number of nitrogens with zero attached hydrogens (tertiary/aromatic N) is 2. The third-order valence-electron chi connectivity index (χ3n) is 6.08. The minimum absolute atomic E-state index is 0.0187. The van der Waals surface area contributed by atoms with E-state index in [1.54, 1.807) is 0 Å². The highest BCUT2D eigenvalue weighted by molar-refractivity contribution is 8.26. The first-order valence-corrected chi connectivity index (χ1v) is 13.5. The maximum Gasteiger partial charge on any atom is 0.416 e. The van der Waals surface area contributed by atoms with Crippen molar-refractivity contribution in [1.82, 2.24) is 9.88 Å². The van der Waals surface area contributed by atoms with Crippen molar-refractivity contribution in [3.8, 4) is 17.0 Å². The summed E-state index contributed by atoms with van der Waals surface area (Å²) in [6.07, 6.45) is -8.96. The Morgan fingerprint density at radius 1 is 1.05 bits per heavy atom. The number of methoxy groups -OCH3 is 1. The number of pyridine rings is 1. The molecule has 1 aliphatic heterocycles. The second-order valence-corrected chi connectivity index (χ2v) is 10.8. The first-order chi connectivity index (χ1) is 20.6. The van der Waals surface area contributed by atoms with E-state index in [1.807, 2.05) is 0 Å². The predicted octanol–water partition coefficient (Wildman–Crippen LogP) is 6.72. The van der Waals surface area contributed by atoms with E-state index < -0.39 is 46.8 Å². The van der Waals surface area contributed by atoms with Gasteiger partial charge in [-0.2, -0.15) is 26.3 Å². The van der Waals surface area contributed by atoms with E-state index in [4.69, 9.17) is 17.0 Å². The smallest absolute Gasteiger partial charge is 0.416 e. The number of nitrogens with one attached hydrogen (secondary N) is 1. The number of rotatable bonds is 8. The van der Waals surface area contributed by atoms with Gasteiger partial charge >= 0.3 is 18.3 Å². The van der Waals surface area contributed by atoms with Crippen LogP contribution in [0.2, 0.25) is 0 Å². The molecule has 1 saturated heterocycles. The molecule has 1 aromatic heterocycles. The Morgan fingerprint density at radius 2 is 1.70 bits per heavy atom. The molecular formula is C28H19F6N3O5S2. The highest BCUT2D eigenvalue weighted by Crippen LogP contribution is 2.39. The number of carbonyl (C=O) groups is 3. The van der Waals surface area contributed by atoms with Crippen molar-refractivity contribution in [2.45, 2.75) is 18.8 Å². The second-order valence-electron chi connectivity index (χ2n) is 9.09. The molecule has 2 aromatic carbocycles. The summed E-state index contributed by atoms with van der Waals surface area (Å²) in [5.41, 5.74) is -3.35. The van der Waals surface area contributed by atoms with Crippen LogP contribution in [-0.2, 0) is 21.9 Å². The minimum Gasteiger partial charge on any atom is -0.496 e. The molecule has 0 aliphatic carbocycles. The van der Waals surface area contributed by atoms with Crippen molar-refractivity contribution in [1.29, 1.82) is 0 Å². The third kappa shape index (κ3) is 7.55. The number of aromatic nitrogens is 1. The number of carboxylic acid groups (broad SMARTS) is 1. The summed E-state index contributed by atoms with van der Waals surface area (Å²) < 4.78 is 85.0. The summed E-state index contributed by atoms with van der Waals surface area (Å²) in [6.45, 7) is -0.115. The first-order valence-electron chi connectivity index (χ1n) is 12.3. The van der Waals surface area contributed by atoms with Gasteiger partial charge in [0.15, 0.2) is 0 Å². The molecule has 44 heavy (non-hydrogen) atoms. The van der Waals surface area contributed by atoms with Gasteiger partial charge in [0, 0.05) is 30.3 Å². The number of amides is 2. The highest BCUT2D eigenvalue weighted by Gasteiger charge is 2.37. The number of halogens is 6. The number of benzene rings is 2. The van der Waals surface area contributed by atoms with Crippen molar-refractivity contribution >= 4 is 57.8 Å². The average molecular weight is 656 g/mol. The van der Waals surface area contributed by atoms with Crippen molar-refractivity contribution in [3.63, 3.8) is 0 Å². The zero-order valence-electron chi connectivity index (χ0n) is 22.2. The summed E-state index contributed by atoms with van der Waals surface area (Å²) in [6, 6.07) is 9.10. The standard InChI is InChI=1S/C28H19F6N3O5S2/c1-42-21-12-18(5-6-19(21)25(40)41)36-23(38)7-8-37-24(39)22(44-26(37)43)13-17-3-2-4-20(35-17)14-9-15(27(29,30)31)11-16(10-14)28(32,33)34/h2-6,9-13H,7-8H2,1H3,(H,36,38)(H,40,41). The third-order valence-corrected chi connectivity index (χ3v) is 7.46. The molecule has 0 saturated carbocycles. The van der Waals surface area contributed by atoms with E-state index >= 15 is 0 Å². The topological polar surface area (TPSA) is 109 Å². The zero-order valence-corrected chi connectivity index (χ0v) is 23.9. The highest BCUT2D eigenvalue weighted by atomic mass is 32.2. The van der Waals surface area contributed by atoms with Crippen molar-refractivity contribution in [3.05, 3.63) is 81.9 Å². The van der Waals surface area contributed by atoms with Crippen molar-refractivity contribution in [2.24, 2.45) is 0 Å². The lowest BCUT2D eigenvalue weighted by atomic mass is 10.0. The number of carboxylic acids is 1. The molecule has 3 aromatic rings. The molecule has 16 heteroatoms. The molecule has 8 nitrogen and oxygen atoms in total. The predicted molar refractivity (Wildman–Crippen MR) is 153 cm³/mol. The summed E-state index contributed by atoms with van der Waals surface area (Å²) in [4.78, 5) is 42.1. The number of aromatic carboxylic acids is 1. The molecule has 0 bridgehead atoms. The van der Waals surface area contributed by atoms with Gasteiger partial charge in [0.05, 0.1) is 34.5 Å². The normalized spacial score (nSPS) is 14.7.